The molecule has 1 N–H and O–H groups in total. The van der Waals surface area contributed by atoms with Gasteiger partial charge in [-0.05, 0) is 62.7 Å². The summed E-state index contributed by atoms with van der Waals surface area (Å²) >= 11 is 6.69. The normalized spacial score (nSPS) is 14.1. The number of anilines is 3. The van der Waals surface area contributed by atoms with E-state index in [2.05, 4.69) is 56.0 Å². The number of hydrogen-bond acceptors (Lipinski definition) is 8. The maximum atomic E-state index is 13.6. The van der Waals surface area contributed by atoms with Gasteiger partial charge in [-0.2, -0.15) is 4.98 Å². The predicted molar refractivity (Wildman–Crippen MR) is 170 cm³/mol. The Hall–Kier alpha value is -4.34. The fourth-order valence-corrected chi connectivity index (χ4v) is 5.73. The van der Waals surface area contributed by atoms with Crippen LogP contribution in [0, 0.1) is 0 Å². The van der Waals surface area contributed by atoms with Gasteiger partial charge in [0.05, 0.1) is 0 Å². The van der Waals surface area contributed by atoms with E-state index in [-0.39, 0.29) is 5.56 Å². The van der Waals surface area contributed by atoms with Gasteiger partial charge in [0.25, 0.3) is 5.56 Å². The number of fused-ring (bicyclic) bond motifs is 1. The van der Waals surface area contributed by atoms with Crippen molar-refractivity contribution in [1.82, 2.24) is 29.4 Å². The molecule has 1 aliphatic rings. The Kier molecular flexibility index (Phi) is 7.86. The first-order valence-corrected chi connectivity index (χ1v) is 14.6. The molecule has 0 atom stereocenters. The van der Waals surface area contributed by atoms with Crippen molar-refractivity contribution in [2.45, 2.75) is 33.4 Å². The zero-order valence-corrected chi connectivity index (χ0v) is 24.7. The van der Waals surface area contributed by atoms with E-state index >= 15 is 0 Å². The Labute approximate surface area is 249 Å². The molecule has 214 valence electrons. The van der Waals surface area contributed by atoms with E-state index in [9.17, 15) is 4.79 Å². The van der Waals surface area contributed by atoms with E-state index in [1.54, 1.807) is 23.2 Å². The van der Waals surface area contributed by atoms with Crippen molar-refractivity contribution in [3.63, 3.8) is 0 Å². The van der Waals surface area contributed by atoms with E-state index in [0.29, 0.717) is 40.3 Å². The van der Waals surface area contributed by atoms with Crippen molar-refractivity contribution in [1.29, 1.82) is 0 Å². The Morgan fingerprint density at radius 1 is 0.905 bits per heavy atom. The number of nitrogens with one attached hydrogen (secondary N) is 1. The Bertz CT molecular complexity index is 1760. The molecule has 0 amide bonds. The summed E-state index contributed by atoms with van der Waals surface area (Å²) in [6.45, 7) is 11.1. The summed E-state index contributed by atoms with van der Waals surface area (Å²) in [5.41, 5.74) is 5.38. The lowest BCUT2D eigenvalue weighted by molar-refractivity contribution is 0.209. The molecule has 1 saturated heterocycles. The van der Waals surface area contributed by atoms with Crippen LogP contribution in [0.5, 0.6) is 0 Å². The molecule has 1 aliphatic heterocycles. The highest BCUT2D eigenvalue weighted by atomic mass is 35.5. The van der Waals surface area contributed by atoms with Crippen molar-refractivity contribution in [3.8, 4) is 22.3 Å². The molecule has 0 radical (unpaired) electrons. The number of rotatable bonds is 7. The van der Waals surface area contributed by atoms with Crippen LogP contribution in [0.3, 0.4) is 0 Å². The fraction of sp³-hybridized carbons (Fsp3) is 0.281. The molecule has 6 rings (SSSR count). The van der Waals surface area contributed by atoms with Gasteiger partial charge in [0.15, 0.2) is 0 Å². The van der Waals surface area contributed by atoms with Crippen LogP contribution in [0.25, 0.3) is 33.3 Å². The molecule has 9 nitrogen and oxygen atoms in total. The molecular weight excluding hydrogens is 548 g/mol. The molecule has 0 unspecified atom stereocenters. The van der Waals surface area contributed by atoms with Gasteiger partial charge in [0, 0.05) is 95.8 Å². The standard InChI is InChI=1S/C32H33ClN8O/c1-4-41-30-23(15-28(31(41)42)27-10-5-22(16-29(27)33)24-17-34-20-35-18-24)19-36-32(38-30)37-25-6-8-26(9-7-25)40-13-11-39(12-14-40)21(2)3/h5-10,15-21H,4,11-14H2,1-3H3,(H,36,37,38). The number of halogens is 1. The molecule has 3 aromatic heterocycles. The fourth-order valence-electron chi connectivity index (χ4n) is 5.45. The van der Waals surface area contributed by atoms with Gasteiger partial charge in [0.1, 0.15) is 12.0 Å². The second kappa shape index (κ2) is 11.9. The summed E-state index contributed by atoms with van der Waals surface area (Å²) in [5.74, 6) is 0.433. The summed E-state index contributed by atoms with van der Waals surface area (Å²) in [4.78, 5) is 36.0. The maximum absolute atomic E-state index is 13.6. The summed E-state index contributed by atoms with van der Waals surface area (Å²) in [5, 5.41) is 4.53. The lowest BCUT2D eigenvalue weighted by Gasteiger charge is -2.38. The van der Waals surface area contributed by atoms with Crippen LogP contribution in [-0.2, 0) is 6.54 Å². The zero-order chi connectivity index (χ0) is 29.2. The van der Waals surface area contributed by atoms with E-state index in [1.807, 2.05) is 43.3 Å². The maximum Gasteiger partial charge on any atom is 0.260 e. The topological polar surface area (TPSA) is 92.1 Å². The SMILES string of the molecule is CCn1c(=O)c(-c2ccc(-c3cncnc3)cc2Cl)cc2cnc(Nc3ccc(N4CCN(C(C)C)CC4)cc3)nc21. The average Bonchev–Trinajstić information content (AvgIpc) is 3.02. The molecule has 0 saturated carbocycles. The summed E-state index contributed by atoms with van der Waals surface area (Å²) in [7, 11) is 0. The van der Waals surface area contributed by atoms with Crippen LogP contribution in [0.2, 0.25) is 5.02 Å². The number of piperazine rings is 1. The Balaban J connectivity index is 1.24. The number of aryl methyl sites for hydroxylation is 1. The van der Waals surface area contributed by atoms with Gasteiger partial charge >= 0.3 is 0 Å². The molecule has 4 heterocycles. The van der Waals surface area contributed by atoms with E-state index in [4.69, 9.17) is 16.6 Å². The van der Waals surface area contributed by atoms with E-state index < -0.39 is 0 Å². The molecular formula is C32H33ClN8O. The summed E-state index contributed by atoms with van der Waals surface area (Å²) in [6.07, 6.45) is 6.68. The van der Waals surface area contributed by atoms with Crippen molar-refractivity contribution in [2.24, 2.45) is 0 Å². The van der Waals surface area contributed by atoms with Crippen molar-refractivity contribution >= 4 is 40.0 Å². The van der Waals surface area contributed by atoms with E-state index in [1.165, 1.54) is 12.0 Å². The first-order chi connectivity index (χ1) is 20.4. The first kappa shape index (κ1) is 27.8. The Morgan fingerprint density at radius 3 is 2.31 bits per heavy atom. The third kappa shape index (κ3) is 5.57. The minimum Gasteiger partial charge on any atom is -0.369 e. The van der Waals surface area contributed by atoms with Crippen molar-refractivity contribution in [3.05, 3.63) is 88.8 Å². The zero-order valence-electron chi connectivity index (χ0n) is 24.0. The number of benzene rings is 2. The van der Waals surface area contributed by atoms with Crippen LogP contribution in [0.4, 0.5) is 17.3 Å². The third-order valence-corrected chi connectivity index (χ3v) is 8.14. The van der Waals surface area contributed by atoms with Gasteiger partial charge in [-0.3, -0.25) is 14.3 Å². The lowest BCUT2D eigenvalue weighted by Crippen LogP contribution is -2.48. The molecule has 1 fully saturated rings. The number of pyridine rings is 1. The summed E-state index contributed by atoms with van der Waals surface area (Å²) in [6, 6.07) is 16.3. The highest BCUT2D eigenvalue weighted by Crippen LogP contribution is 2.32. The average molecular weight is 581 g/mol. The summed E-state index contributed by atoms with van der Waals surface area (Å²) < 4.78 is 1.66. The van der Waals surface area contributed by atoms with Gasteiger partial charge < -0.3 is 10.2 Å². The highest BCUT2D eigenvalue weighted by molar-refractivity contribution is 6.33. The van der Waals surface area contributed by atoms with Crippen LogP contribution in [0.15, 0.2) is 78.2 Å². The first-order valence-electron chi connectivity index (χ1n) is 14.2. The largest absolute Gasteiger partial charge is 0.369 e. The number of hydrogen-bond donors (Lipinski definition) is 1. The van der Waals surface area contributed by atoms with Crippen LogP contribution in [0.1, 0.15) is 20.8 Å². The number of aromatic nitrogens is 5. The van der Waals surface area contributed by atoms with Crippen LogP contribution >= 0.6 is 11.6 Å². The van der Waals surface area contributed by atoms with Gasteiger partial charge in [-0.1, -0.05) is 23.7 Å². The monoisotopic (exact) mass is 580 g/mol. The van der Waals surface area contributed by atoms with Crippen molar-refractivity contribution < 1.29 is 0 Å². The molecule has 5 aromatic rings. The van der Waals surface area contributed by atoms with Gasteiger partial charge in [-0.15, -0.1) is 0 Å². The van der Waals surface area contributed by atoms with Crippen LogP contribution in [-0.4, -0.2) is 61.6 Å². The molecule has 0 aliphatic carbocycles. The smallest absolute Gasteiger partial charge is 0.260 e. The molecule has 0 spiro atoms. The van der Waals surface area contributed by atoms with Gasteiger partial charge in [0.2, 0.25) is 5.95 Å². The molecule has 0 bridgehead atoms. The second-order valence-electron chi connectivity index (χ2n) is 10.7. The second-order valence-corrected chi connectivity index (χ2v) is 11.1. The van der Waals surface area contributed by atoms with Crippen molar-refractivity contribution in [2.75, 3.05) is 36.4 Å². The highest BCUT2D eigenvalue weighted by Gasteiger charge is 2.19. The quantitative estimate of drug-likeness (QED) is 0.256. The molecule has 2 aromatic carbocycles. The minimum absolute atomic E-state index is 0.158. The molecule has 42 heavy (non-hydrogen) atoms. The third-order valence-electron chi connectivity index (χ3n) is 7.83. The number of nitrogens with zero attached hydrogens (tertiary/aromatic N) is 7. The van der Waals surface area contributed by atoms with E-state index in [0.717, 1.165) is 48.4 Å². The van der Waals surface area contributed by atoms with Gasteiger partial charge in [-0.25, -0.2) is 15.0 Å². The lowest BCUT2D eigenvalue weighted by atomic mass is 10.0. The Morgan fingerprint density at radius 2 is 1.64 bits per heavy atom. The molecule has 10 heteroatoms. The minimum atomic E-state index is -0.158. The predicted octanol–water partition coefficient (Wildman–Crippen LogP) is 5.86. The van der Waals surface area contributed by atoms with Crippen LogP contribution < -0.4 is 15.8 Å².